The van der Waals surface area contributed by atoms with Gasteiger partial charge in [-0.15, -0.1) is 0 Å². The molecule has 0 aliphatic rings. The molecule has 1 heterocycles. The van der Waals surface area contributed by atoms with Crippen LogP contribution in [0.1, 0.15) is 29.0 Å². The molecule has 0 aliphatic carbocycles. The Kier molecular flexibility index (Phi) is 5.83. The Hall–Kier alpha value is -4.57. The quantitative estimate of drug-likeness (QED) is 0.439. The predicted molar refractivity (Wildman–Crippen MR) is 121 cm³/mol. The van der Waals surface area contributed by atoms with E-state index in [0.29, 0.717) is 16.7 Å². The van der Waals surface area contributed by atoms with Gasteiger partial charge in [0.05, 0.1) is 25.2 Å². The monoisotopic (exact) mass is 441 g/mol. The average Bonchev–Trinajstić information content (AvgIpc) is 2.83. The van der Waals surface area contributed by atoms with E-state index < -0.39 is 23.1 Å². The molecule has 2 N–H and O–H groups in total. The first-order valence-corrected chi connectivity index (χ1v) is 10.1. The molecule has 1 atom stereocenters. The summed E-state index contributed by atoms with van der Waals surface area (Å²) in [5.74, 6) is -1.85. The smallest absolute Gasteiger partial charge is 0.306 e. The van der Waals surface area contributed by atoms with Gasteiger partial charge in [-0.05, 0) is 17.7 Å². The van der Waals surface area contributed by atoms with E-state index in [0.717, 1.165) is 6.07 Å². The molecule has 7 nitrogen and oxygen atoms in total. The summed E-state index contributed by atoms with van der Waals surface area (Å²) in [6, 6.07) is 19.8. The van der Waals surface area contributed by atoms with Crippen LogP contribution in [0.15, 0.2) is 75.9 Å². The van der Waals surface area contributed by atoms with Crippen LogP contribution >= 0.6 is 0 Å². The lowest BCUT2D eigenvalue weighted by Gasteiger charge is -2.20. The maximum atomic E-state index is 12.9. The number of fused-ring (bicyclic) bond motifs is 1. The molecule has 0 amide bonds. The first-order chi connectivity index (χ1) is 15.9. The second-order valence-corrected chi connectivity index (χ2v) is 7.44. The average molecular weight is 441 g/mol. The Labute approximate surface area is 188 Å². The molecule has 0 bridgehead atoms. The van der Waals surface area contributed by atoms with Gasteiger partial charge in [-0.3, -0.25) is 9.59 Å². The number of nitrogens with zero attached hydrogens (tertiary/aromatic N) is 1. The van der Waals surface area contributed by atoms with Crippen LogP contribution < -0.4 is 5.43 Å². The zero-order chi connectivity index (χ0) is 23.5. The van der Waals surface area contributed by atoms with Crippen molar-refractivity contribution in [3.63, 3.8) is 0 Å². The number of rotatable bonds is 5. The largest absolute Gasteiger partial charge is 0.507 e. The number of esters is 1. The molecule has 3 aromatic carbocycles. The van der Waals surface area contributed by atoms with Crippen molar-refractivity contribution in [3.8, 4) is 28.9 Å². The van der Waals surface area contributed by atoms with Crippen LogP contribution in [0, 0.1) is 11.3 Å². The summed E-state index contributed by atoms with van der Waals surface area (Å²) in [4.78, 5) is 25.2. The highest BCUT2D eigenvalue weighted by molar-refractivity contribution is 5.90. The van der Waals surface area contributed by atoms with E-state index in [1.54, 1.807) is 48.5 Å². The summed E-state index contributed by atoms with van der Waals surface area (Å²) in [6.07, 6.45) is -0.172. The number of nitriles is 1. The number of carbonyl (C=O) groups excluding carboxylic acids is 1. The fourth-order valence-corrected chi connectivity index (χ4v) is 3.83. The van der Waals surface area contributed by atoms with E-state index >= 15 is 0 Å². The molecule has 4 aromatic rings. The van der Waals surface area contributed by atoms with Crippen molar-refractivity contribution in [1.82, 2.24) is 0 Å². The molecule has 0 radical (unpaired) electrons. The summed E-state index contributed by atoms with van der Waals surface area (Å²) < 4.78 is 10.9. The number of ether oxygens (including phenoxy) is 1. The van der Waals surface area contributed by atoms with Gasteiger partial charge in [0.1, 0.15) is 28.2 Å². The maximum absolute atomic E-state index is 12.9. The number of phenolic OH excluding ortho intramolecular Hbond substituents is 2. The minimum absolute atomic E-state index is 0.0304. The van der Waals surface area contributed by atoms with Gasteiger partial charge in [-0.25, -0.2) is 0 Å². The van der Waals surface area contributed by atoms with E-state index in [2.05, 4.69) is 0 Å². The molecule has 0 unspecified atom stereocenters. The minimum atomic E-state index is -0.775. The molecule has 0 aliphatic heterocycles. The normalized spacial score (nSPS) is 11.6. The molecule has 1 aromatic heterocycles. The van der Waals surface area contributed by atoms with Crippen LogP contribution in [0.3, 0.4) is 0 Å². The highest BCUT2D eigenvalue weighted by atomic mass is 16.5. The molecule has 164 valence electrons. The summed E-state index contributed by atoms with van der Waals surface area (Å²) >= 11 is 0. The second kappa shape index (κ2) is 8.89. The molecular formula is C26H19NO6. The van der Waals surface area contributed by atoms with E-state index in [1.807, 2.05) is 12.1 Å². The fraction of sp³-hybridized carbons (Fsp3) is 0.115. The van der Waals surface area contributed by atoms with Crippen molar-refractivity contribution in [2.24, 2.45) is 0 Å². The molecule has 33 heavy (non-hydrogen) atoms. The Morgan fingerprint density at radius 3 is 2.39 bits per heavy atom. The van der Waals surface area contributed by atoms with Crippen molar-refractivity contribution in [2.45, 2.75) is 12.3 Å². The third-order valence-electron chi connectivity index (χ3n) is 5.45. The fourth-order valence-electron chi connectivity index (χ4n) is 3.83. The van der Waals surface area contributed by atoms with Crippen LogP contribution in [-0.2, 0) is 9.53 Å². The number of hydrogen-bond donors (Lipinski definition) is 2. The van der Waals surface area contributed by atoms with Gasteiger partial charge >= 0.3 is 5.97 Å². The summed E-state index contributed by atoms with van der Waals surface area (Å²) in [6.45, 7) is 0. The lowest BCUT2D eigenvalue weighted by molar-refractivity contribution is -0.140. The topological polar surface area (TPSA) is 121 Å². The van der Waals surface area contributed by atoms with Gasteiger partial charge in [-0.2, -0.15) is 5.26 Å². The van der Waals surface area contributed by atoms with Crippen molar-refractivity contribution >= 4 is 16.9 Å². The first kappa shape index (κ1) is 21.7. The molecule has 4 rings (SSSR count). The summed E-state index contributed by atoms with van der Waals surface area (Å²) in [5.41, 5.74) is 1.28. The van der Waals surface area contributed by atoms with Gasteiger partial charge in [0.25, 0.3) is 0 Å². The molecule has 0 spiro atoms. The van der Waals surface area contributed by atoms with Gasteiger partial charge in [0, 0.05) is 29.2 Å². The van der Waals surface area contributed by atoms with E-state index in [4.69, 9.17) is 14.4 Å². The lowest BCUT2D eigenvalue weighted by Crippen LogP contribution is -2.12. The number of aromatic hydroxyl groups is 2. The zero-order valence-electron chi connectivity index (χ0n) is 17.6. The van der Waals surface area contributed by atoms with Crippen LogP contribution in [0.4, 0.5) is 0 Å². The zero-order valence-corrected chi connectivity index (χ0v) is 17.6. The molecule has 7 heteroatoms. The highest BCUT2D eigenvalue weighted by Gasteiger charge is 2.28. The number of benzene rings is 3. The van der Waals surface area contributed by atoms with Gasteiger partial charge in [-0.1, -0.05) is 42.5 Å². The SMILES string of the molecule is COC(=O)C[C@H](c1ccc(C#N)cc1)c1c(O)cc(O)c2c(=O)cc(-c3ccccc3)oc12. The number of phenols is 2. The Balaban J connectivity index is 2.03. The highest BCUT2D eigenvalue weighted by Crippen LogP contribution is 2.43. The van der Waals surface area contributed by atoms with Crippen molar-refractivity contribution in [2.75, 3.05) is 7.11 Å². The number of carbonyl (C=O) groups is 1. The summed E-state index contributed by atoms with van der Waals surface area (Å²) in [5, 5.41) is 30.3. The molecule has 0 saturated heterocycles. The lowest BCUT2D eigenvalue weighted by atomic mass is 9.86. The molecular weight excluding hydrogens is 422 g/mol. The van der Waals surface area contributed by atoms with Crippen LogP contribution in [0.2, 0.25) is 0 Å². The predicted octanol–water partition coefficient (Wildman–Crippen LogP) is 4.44. The minimum Gasteiger partial charge on any atom is -0.507 e. The second-order valence-electron chi connectivity index (χ2n) is 7.44. The molecule has 0 fully saturated rings. The molecule has 0 saturated carbocycles. The van der Waals surface area contributed by atoms with Gasteiger partial charge < -0.3 is 19.4 Å². The number of hydrogen-bond acceptors (Lipinski definition) is 7. The van der Waals surface area contributed by atoms with Gasteiger partial charge in [0.15, 0.2) is 5.43 Å². The standard InChI is InChI=1S/C26H19NO6/c1-32-23(31)11-18(16-9-7-15(14-27)8-10-16)24-19(28)12-20(29)25-21(30)13-22(33-26(24)25)17-5-3-2-4-6-17/h2-10,12-13,18,28-29H,11H2,1H3/t18-/m1/s1. The third-order valence-corrected chi connectivity index (χ3v) is 5.45. The van der Waals surface area contributed by atoms with Crippen LogP contribution in [0.5, 0.6) is 11.5 Å². The third kappa shape index (κ3) is 4.14. The van der Waals surface area contributed by atoms with Crippen LogP contribution in [-0.4, -0.2) is 23.3 Å². The van der Waals surface area contributed by atoms with E-state index in [1.165, 1.54) is 13.2 Å². The Morgan fingerprint density at radius 1 is 1.06 bits per heavy atom. The van der Waals surface area contributed by atoms with Crippen LogP contribution in [0.25, 0.3) is 22.3 Å². The van der Waals surface area contributed by atoms with Crippen molar-refractivity contribution in [1.29, 1.82) is 5.26 Å². The van der Waals surface area contributed by atoms with E-state index in [9.17, 15) is 19.8 Å². The summed E-state index contributed by atoms with van der Waals surface area (Å²) in [7, 11) is 1.25. The maximum Gasteiger partial charge on any atom is 0.306 e. The van der Waals surface area contributed by atoms with Crippen molar-refractivity contribution < 1.29 is 24.2 Å². The van der Waals surface area contributed by atoms with E-state index in [-0.39, 0.29) is 34.5 Å². The Morgan fingerprint density at radius 2 is 1.76 bits per heavy atom. The number of methoxy groups -OCH3 is 1. The Bertz CT molecular complexity index is 1430. The van der Waals surface area contributed by atoms with Crippen molar-refractivity contribution in [3.05, 3.63) is 93.6 Å². The first-order valence-electron chi connectivity index (χ1n) is 10.1. The van der Waals surface area contributed by atoms with Gasteiger partial charge in [0.2, 0.25) is 0 Å².